The number of fused-ring (bicyclic) bond motifs is 1. The second kappa shape index (κ2) is 8.78. The number of tetrazole rings is 1. The van der Waals surface area contributed by atoms with E-state index < -0.39 is 6.04 Å². The number of ether oxygens (including phenoxy) is 1. The fourth-order valence-electron chi connectivity index (χ4n) is 3.25. The minimum Gasteiger partial charge on any atom is -0.489 e. The Kier molecular flexibility index (Phi) is 6.35. The second-order valence-corrected chi connectivity index (χ2v) is 8.58. The fraction of sp³-hybridized carbons (Fsp3) is 0.550. The lowest BCUT2D eigenvalue weighted by molar-refractivity contribution is -0.129. The molecule has 1 aromatic carbocycles. The number of carbonyl (C=O) groups excluding carboxylic acids is 2. The number of benzene rings is 1. The fourth-order valence-corrected chi connectivity index (χ4v) is 3.25. The van der Waals surface area contributed by atoms with Crippen LogP contribution in [0.3, 0.4) is 0 Å². The number of likely N-dealkylation sites (N-methyl/N-ethyl adjacent to an activating group) is 2. The summed E-state index contributed by atoms with van der Waals surface area (Å²) in [5, 5.41) is 17.8. The van der Waals surface area contributed by atoms with Gasteiger partial charge in [-0.3, -0.25) is 9.59 Å². The van der Waals surface area contributed by atoms with E-state index in [-0.39, 0.29) is 23.8 Å². The van der Waals surface area contributed by atoms with Crippen molar-refractivity contribution in [1.82, 2.24) is 30.8 Å². The highest BCUT2D eigenvalue weighted by Crippen LogP contribution is 2.34. The van der Waals surface area contributed by atoms with E-state index in [2.05, 4.69) is 26.2 Å². The van der Waals surface area contributed by atoms with Gasteiger partial charge >= 0.3 is 0 Å². The van der Waals surface area contributed by atoms with Crippen LogP contribution in [0.15, 0.2) is 18.2 Å². The van der Waals surface area contributed by atoms with Crippen LogP contribution in [-0.2, 0) is 16.1 Å². The Hall–Kier alpha value is -3.01. The molecule has 0 aliphatic carbocycles. The lowest BCUT2D eigenvalue weighted by Gasteiger charge is -2.23. The monoisotopic (exact) mass is 415 g/mol. The Bertz CT molecular complexity index is 919. The molecule has 0 bridgehead atoms. The summed E-state index contributed by atoms with van der Waals surface area (Å²) in [6.07, 6.45) is 0.326. The highest BCUT2D eigenvalue weighted by atomic mass is 16.5. The van der Waals surface area contributed by atoms with Gasteiger partial charge in [-0.2, -0.15) is 0 Å². The van der Waals surface area contributed by atoms with Gasteiger partial charge in [0.05, 0.1) is 12.2 Å². The van der Waals surface area contributed by atoms with Crippen molar-refractivity contribution in [3.8, 4) is 17.1 Å². The van der Waals surface area contributed by atoms with Gasteiger partial charge in [-0.15, -0.1) is 5.10 Å². The Morgan fingerprint density at radius 3 is 2.80 bits per heavy atom. The molecule has 2 heterocycles. The highest BCUT2D eigenvalue weighted by Gasteiger charge is 2.31. The molecule has 0 fully saturated rings. The molecule has 1 atom stereocenters. The minimum absolute atomic E-state index is 0.0747. The third-order valence-corrected chi connectivity index (χ3v) is 4.74. The number of rotatable bonds is 6. The zero-order valence-corrected chi connectivity index (χ0v) is 18.1. The Balaban J connectivity index is 1.82. The van der Waals surface area contributed by atoms with Gasteiger partial charge in [0.2, 0.25) is 5.91 Å². The van der Waals surface area contributed by atoms with Crippen LogP contribution >= 0.6 is 0 Å². The Morgan fingerprint density at radius 1 is 1.33 bits per heavy atom. The molecule has 0 saturated heterocycles. The van der Waals surface area contributed by atoms with E-state index in [0.29, 0.717) is 30.2 Å². The quantitative estimate of drug-likeness (QED) is 0.718. The lowest BCUT2D eigenvalue weighted by atomic mass is 9.92. The van der Waals surface area contributed by atoms with Crippen LogP contribution in [0.5, 0.6) is 5.75 Å². The average Bonchev–Trinajstić information content (AvgIpc) is 3.11. The van der Waals surface area contributed by atoms with Crippen LogP contribution in [-0.4, -0.2) is 65.3 Å². The van der Waals surface area contributed by atoms with Crippen molar-refractivity contribution in [2.24, 2.45) is 5.41 Å². The van der Waals surface area contributed by atoms with Crippen LogP contribution in [0, 0.1) is 5.41 Å². The number of anilines is 1. The van der Waals surface area contributed by atoms with E-state index in [1.165, 1.54) is 4.90 Å². The van der Waals surface area contributed by atoms with Crippen molar-refractivity contribution in [3.63, 3.8) is 0 Å². The average molecular weight is 415 g/mol. The predicted molar refractivity (Wildman–Crippen MR) is 112 cm³/mol. The van der Waals surface area contributed by atoms with Gasteiger partial charge in [-0.25, -0.2) is 4.68 Å². The number of carbonyl (C=O) groups is 2. The van der Waals surface area contributed by atoms with E-state index in [1.807, 2.05) is 40.0 Å². The summed E-state index contributed by atoms with van der Waals surface area (Å²) < 4.78 is 7.56. The molecule has 2 aromatic rings. The standard InChI is InChI=1S/C20H29N7O3/c1-20(2,3)11-17(28)22-14-12-30-16-7-6-13(10-15(16)26(5)19(14)29)18-23-24-25-27(18)9-8-21-4/h6-7,10,14,21H,8-9,11-12H2,1-5H3,(H,22,28)/t14-/m0/s1. The molecule has 10 nitrogen and oxygen atoms in total. The number of amides is 2. The molecule has 2 amide bonds. The molecule has 1 aromatic heterocycles. The molecule has 0 spiro atoms. The molecular weight excluding hydrogens is 386 g/mol. The van der Waals surface area contributed by atoms with Crippen molar-refractivity contribution < 1.29 is 14.3 Å². The number of nitrogens with zero attached hydrogens (tertiary/aromatic N) is 5. The normalized spacial score (nSPS) is 16.6. The lowest BCUT2D eigenvalue weighted by Crippen LogP contribution is -2.49. The molecule has 0 radical (unpaired) electrons. The van der Waals surface area contributed by atoms with Gasteiger partial charge in [0, 0.05) is 25.6 Å². The summed E-state index contributed by atoms with van der Waals surface area (Å²) in [5.41, 5.74) is 1.21. The molecule has 1 aliphatic rings. The maximum absolute atomic E-state index is 13.0. The van der Waals surface area contributed by atoms with Crippen molar-refractivity contribution in [2.45, 2.75) is 39.8 Å². The maximum Gasteiger partial charge on any atom is 0.252 e. The molecule has 3 rings (SSSR count). The van der Waals surface area contributed by atoms with Crippen molar-refractivity contribution in [2.75, 3.05) is 32.1 Å². The number of hydrogen-bond acceptors (Lipinski definition) is 7. The van der Waals surface area contributed by atoms with Gasteiger partial charge in [-0.05, 0) is 41.1 Å². The van der Waals surface area contributed by atoms with Gasteiger partial charge in [0.1, 0.15) is 18.4 Å². The van der Waals surface area contributed by atoms with Crippen LogP contribution in [0.25, 0.3) is 11.4 Å². The van der Waals surface area contributed by atoms with E-state index in [4.69, 9.17) is 4.74 Å². The van der Waals surface area contributed by atoms with Crippen molar-refractivity contribution >= 4 is 17.5 Å². The summed E-state index contributed by atoms with van der Waals surface area (Å²) in [4.78, 5) is 26.8. The molecule has 1 aliphatic heterocycles. The van der Waals surface area contributed by atoms with E-state index in [0.717, 1.165) is 12.1 Å². The summed E-state index contributed by atoms with van der Waals surface area (Å²) >= 11 is 0. The van der Waals surface area contributed by atoms with E-state index in [1.54, 1.807) is 17.8 Å². The second-order valence-electron chi connectivity index (χ2n) is 8.58. The molecule has 30 heavy (non-hydrogen) atoms. The van der Waals surface area contributed by atoms with Crippen LogP contribution in [0.2, 0.25) is 0 Å². The van der Waals surface area contributed by atoms with Crippen LogP contribution < -0.4 is 20.3 Å². The third-order valence-electron chi connectivity index (χ3n) is 4.74. The van der Waals surface area contributed by atoms with Crippen LogP contribution in [0.1, 0.15) is 27.2 Å². The maximum atomic E-state index is 13.0. The van der Waals surface area contributed by atoms with Crippen molar-refractivity contribution in [3.05, 3.63) is 18.2 Å². The van der Waals surface area contributed by atoms with E-state index in [9.17, 15) is 9.59 Å². The first-order valence-corrected chi connectivity index (χ1v) is 9.94. The Labute approximate surface area is 176 Å². The van der Waals surface area contributed by atoms with Crippen LogP contribution in [0.4, 0.5) is 5.69 Å². The SMILES string of the molecule is CNCCn1nnnc1-c1ccc2c(c1)N(C)C(=O)[C@@H](NC(=O)CC(C)(C)C)CO2. The molecule has 0 saturated carbocycles. The first-order chi connectivity index (χ1) is 14.2. The number of hydrogen-bond donors (Lipinski definition) is 2. The summed E-state index contributed by atoms with van der Waals surface area (Å²) in [6, 6.07) is 4.73. The van der Waals surface area contributed by atoms with Gasteiger partial charge in [-0.1, -0.05) is 20.8 Å². The summed E-state index contributed by atoms with van der Waals surface area (Å²) in [7, 11) is 3.54. The topological polar surface area (TPSA) is 114 Å². The summed E-state index contributed by atoms with van der Waals surface area (Å²) in [6.45, 7) is 7.35. The first kappa shape index (κ1) is 21.7. The number of aromatic nitrogens is 4. The molecular formula is C20H29N7O3. The largest absolute Gasteiger partial charge is 0.489 e. The Morgan fingerprint density at radius 2 is 2.10 bits per heavy atom. The molecule has 0 unspecified atom stereocenters. The predicted octanol–water partition coefficient (Wildman–Crippen LogP) is 0.836. The summed E-state index contributed by atoms with van der Waals surface area (Å²) in [5.74, 6) is 0.765. The van der Waals surface area contributed by atoms with Gasteiger partial charge in [0.15, 0.2) is 5.82 Å². The number of nitrogens with one attached hydrogen (secondary N) is 2. The molecule has 10 heteroatoms. The molecule has 162 valence electrons. The van der Waals surface area contributed by atoms with Gasteiger partial charge < -0.3 is 20.3 Å². The van der Waals surface area contributed by atoms with E-state index >= 15 is 0 Å². The zero-order valence-electron chi connectivity index (χ0n) is 18.1. The van der Waals surface area contributed by atoms with Crippen molar-refractivity contribution in [1.29, 1.82) is 0 Å². The highest BCUT2D eigenvalue weighted by molar-refractivity contribution is 6.01. The minimum atomic E-state index is -0.748. The third kappa shape index (κ3) is 4.93. The zero-order chi connectivity index (χ0) is 21.9. The molecule has 2 N–H and O–H groups in total. The smallest absolute Gasteiger partial charge is 0.252 e. The van der Waals surface area contributed by atoms with Gasteiger partial charge in [0.25, 0.3) is 5.91 Å². The first-order valence-electron chi connectivity index (χ1n) is 9.94.